The van der Waals surface area contributed by atoms with Gasteiger partial charge >= 0.3 is 0 Å². The molecule has 30 heavy (non-hydrogen) atoms. The van der Waals surface area contributed by atoms with E-state index in [0.717, 1.165) is 24.0 Å². The highest BCUT2D eigenvalue weighted by Gasteiger charge is 2.09. The van der Waals surface area contributed by atoms with Gasteiger partial charge in [0, 0.05) is 11.1 Å². The number of hydrogen-bond acceptors (Lipinski definition) is 1. The average Bonchev–Trinajstić information content (AvgIpc) is 2.74. The number of ketones is 1. The van der Waals surface area contributed by atoms with Crippen molar-refractivity contribution >= 4 is 5.78 Å². The molecule has 0 aliphatic heterocycles. The minimum absolute atomic E-state index is 0.0687. The van der Waals surface area contributed by atoms with Gasteiger partial charge in [-0.1, -0.05) is 108 Å². The molecule has 0 atom stereocenters. The Morgan fingerprint density at radius 3 is 1.30 bits per heavy atom. The van der Waals surface area contributed by atoms with E-state index >= 15 is 0 Å². The van der Waals surface area contributed by atoms with Crippen LogP contribution in [-0.2, 0) is 12.8 Å². The van der Waals surface area contributed by atoms with E-state index in [1.807, 2.05) is 24.3 Å². The first-order valence-corrected chi connectivity index (χ1v) is 10.4. The third-order valence-electron chi connectivity index (χ3n) is 5.41. The van der Waals surface area contributed by atoms with Crippen LogP contribution in [0, 0.1) is 13.8 Å². The number of carbonyl (C=O) groups excluding carboxylic acids is 1. The van der Waals surface area contributed by atoms with E-state index in [0.29, 0.717) is 0 Å². The number of benzene rings is 4. The van der Waals surface area contributed by atoms with Crippen LogP contribution in [-0.4, -0.2) is 5.78 Å². The molecule has 1 heteroatoms. The molecule has 4 rings (SSSR count). The summed E-state index contributed by atoms with van der Waals surface area (Å²) in [4.78, 5) is 12.9. The van der Waals surface area contributed by atoms with Crippen LogP contribution in [0.4, 0.5) is 0 Å². The van der Waals surface area contributed by atoms with Crippen LogP contribution in [0.2, 0.25) is 0 Å². The first-order chi connectivity index (χ1) is 14.6. The Kier molecular flexibility index (Phi) is 5.90. The molecule has 0 N–H and O–H groups in total. The maximum absolute atomic E-state index is 12.9. The molecule has 1 nitrogen and oxygen atoms in total. The lowest BCUT2D eigenvalue weighted by atomic mass is 9.97. The van der Waals surface area contributed by atoms with Gasteiger partial charge in [0.1, 0.15) is 0 Å². The van der Waals surface area contributed by atoms with Crippen LogP contribution in [0.1, 0.15) is 49.3 Å². The molecule has 0 spiro atoms. The minimum Gasteiger partial charge on any atom is -0.289 e. The standard InChI is InChI=1S/C29H26O/c1-21-5-3-7-25(17-21)19-23-9-13-27(14-10-23)29(30)28-15-11-24(12-16-28)20-26-8-4-6-22(2)18-26/h3-18H,19-20H2,1-2H3. The molecule has 0 unspecified atom stereocenters. The second kappa shape index (κ2) is 8.92. The summed E-state index contributed by atoms with van der Waals surface area (Å²) in [5, 5.41) is 0. The maximum Gasteiger partial charge on any atom is 0.193 e. The van der Waals surface area contributed by atoms with E-state index in [1.165, 1.54) is 33.4 Å². The molecular weight excluding hydrogens is 364 g/mol. The number of rotatable bonds is 6. The quantitative estimate of drug-likeness (QED) is 0.334. The predicted octanol–water partition coefficient (Wildman–Crippen LogP) is 6.72. The molecule has 0 saturated carbocycles. The number of aryl methyl sites for hydroxylation is 2. The highest BCUT2D eigenvalue weighted by atomic mass is 16.1. The Morgan fingerprint density at radius 1 is 0.533 bits per heavy atom. The Bertz CT molecular complexity index is 1060. The van der Waals surface area contributed by atoms with Crippen molar-refractivity contribution in [3.05, 3.63) is 142 Å². The van der Waals surface area contributed by atoms with E-state index < -0.39 is 0 Å². The van der Waals surface area contributed by atoms with E-state index in [9.17, 15) is 4.79 Å². The third kappa shape index (κ3) is 4.93. The molecule has 0 saturated heterocycles. The van der Waals surface area contributed by atoms with Crippen LogP contribution in [0.15, 0.2) is 97.1 Å². The highest BCUT2D eigenvalue weighted by Crippen LogP contribution is 2.17. The van der Waals surface area contributed by atoms with E-state index in [2.05, 4.69) is 86.6 Å². The summed E-state index contributed by atoms with van der Waals surface area (Å²) in [6.07, 6.45) is 1.76. The predicted molar refractivity (Wildman–Crippen MR) is 124 cm³/mol. The van der Waals surface area contributed by atoms with Gasteiger partial charge in [-0.05, 0) is 48.9 Å². The fraction of sp³-hybridized carbons (Fsp3) is 0.138. The van der Waals surface area contributed by atoms with Crippen LogP contribution in [0.25, 0.3) is 0 Å². The normalized spacial score (nSPS) is 10.7. The molecule has 0 aliphatic rings. The van der Waals surface area contributed by atoms with Crippen molar-refractivity contribution in [3.8, 4) is 0 Å². The molecule has 0 amide bonds. The SMILES string of the molecule is Cc1cccc(Cc2ccc(C(=O)c3ccc(Cc4cccc(C)c4)cc3)cc2)c1. The lowest BCUT2D eigenvalue weighted by Crippen LogP contribution is -2.02. The molecule has 0 radical (unpaired) electrons. The van der Waals surface area contributed by atoms with Gasteiger partial charge in [-0.2, -0.15) is 0 Å². The smallest absolute Gasteiger partial charge is 0.193 e. The Balaban J connectivity index is 1.43. The van der Waals surface area contributed by atoms with Gasteiger partial charge in [-0.15, -0.1) is 0 Å². The van der Waals surface area contributed by atoms with Crippen molar-refractivity contribution in [3.63, 3.8) is 0 Å². The van der Waals surface area contributed by atoms with Gasteiger partial charge in [0.25, 0.3) is 0 Å². The second-order valence-electron chi connectivity index (χ2n) is 8.05. The minimum atomic E-state index is 0.0687. The second-order valence-corrected chi connectivity index (χ2v) is 8.05. The maximum atomic E-state index is 12.9. The largest absolute Gasteiger partial charge is 0.289 e. The van der Waals surface area contributed by atoms with Crippen LogP contribution >= 0.6 is 0 Å². The molecule has 0 bridgehead atoms. The molecule has 0 aromatic heterocycles. The van der Waals surface area contributed by atoms with Crippen molar-refractivity contribution in [2.75, 3.05) is 0 Å². The fourth-order valence-electron chi connectivity index (χ4n) is 3.83. The zero-order chi connectivity index (χ0) is 20.9. The summed E-state index contributed by atoms with van der Waals surface area (Å²) in [5.74, 6) is 0.0687. The molecule has 4 aromatic carbocycles. The van der Waals surface area contributed by atoms with Gasteiger partial charge < -0.3 is 0 Å². The summed E-state index contributed by atoms with van der Waals surface area (Å²) in [5.41, 5.74) is 9.01. The van der Waals surface area contributed by atoms with E-state index in [-0.39, 0.29) is 5.78 Å². The van der Waals surface area contributed by atoms with E-state index in [1.54, 1.807) is 0 Å². The third-order valence-corrected chi connectivity index (χ3v) is 5.41. The Labute approximate surface area is 179 Å². The van der Waals surface area contributed by atoms with Gasteiger partial charge in [-0.3, -0.25) is 4.79 Å². The van der Waals surface area contributed by atoms with Crippen LogP contribution in [0.3, 0.4) is 0 Å². The van der Waals surface area contributed by atoms with Crippen molar-refractivity contribution in [1.29, 1.82) is 0 Å². The van der Waals surface area contributed by atoms with Crippen molar-refractivity contribution in [2.24, 2.45) is 0 Å². The first-order valence-electron chi connectivity index (χ1n) is 10.4. The lowest BCUT2D eigenvalue weighted by Gasteiger charge is -2.07. The van der Waals surface area contributed by atoms with Gasteiger partial charge in [-0.25, -0.2) is 0 Å². The lowest BCUT2D eigenvalue weighted by molar-refractivity contribution is 0.103. The first kappa shape index (κ1) is 19.8. The molecule has 0 heterocycles. The zero-order valence-electron chi connectivity index (χ0n) is 17.6. The summed E-state index contributed by atoms with van der Waals surface area (Å²) < 4.78 is 0. The number of hydrogen-bond donors (Lipinski definition) is 0. The van der Waals surface area contributed by atoms with Crippen LogP contribution in [0.5, 0.6) is 0 Å². The Hall–Kier alpha value is -3.45. The molecule has 0 fully saturated rings. The van der Waals surface area contributed by atoms with E-state index in [4.69, 9.17) is 0 Å². The summed E-state index contributed by atoms with van der Waals surface area (Å²) >= 11 is 0. The summed E-state index contributed by atoms with van der Waals surface area (Å²) in [7, 11) is 0. The summed E-state index contributed by atoms with van der Waals surface area (Å²) in [6, 6.07) is 33.1. The topological polar surface area (TPSA) is 17.1 Å². The zero-order valence-corrected chi connectivity index (χ0v) is 17.6. The summed E-state index contributed by atoms with van der Waals surface area (Å²) in [6.45, 7) is 4.22. The number of carbonyl (C=O) groups is 1. The molecule has 0 aliphatic carbocycles. The fourth-order valence-corrected chi connectivity index (χ4v) is 3.83. The molecular formula is C29H26O. The monoisotopic (exact) mass is 390 g/mol. The highest BCUT2D eigenvalue weighted by molar-refractivity contribution is 6.09. The molecule has 4 aromatic rings. The molecule has 148 valence electrons. The van der Waals surface area contributed by atoms with Crippen molar-refractivity contribution in [2.45, 2.75) is 26.7 Å². The van der Waals surface area contributed by atoms with Gasteiger partial charge in [0.2, 0.25) is 0 Å². The van der Waals surface area contributed by atoms with Gasteiger partial charge in [0.15, 0.2) is 5.78 Å². The van der Waals surface area contributed by atoms with Crippen LogP contribution < -0.4 is 0 Å². The average molecular weight is 391 g/mol. The van der Waals surface area contributed by atoms with Crippen molar-refractivity contribution in [1.82, 2.24) is 0 Å². The Morgan fingerprint density at radius 2 is 0.933 bits per heavy atom. The van der Waals surface area contributed by atoms with Gasteiger partial charge in [0.05, 0.1) is 0 Å². The van der Waals surface area contributed by atoms with Crippen molar-refractivity contribution < 1.29 is 4.79 Å².